The van der Waals surface area contributed by atoms with E-state index >= 15 is 0 Å². The van der Waals surface area contributed by atoms with Crippen molar-refractivity contribution in [3.05, 3.63) is 46.0 Å². The normalized spacial score (nSPS) is 11.0. The van der Waals surface area contributed by atoms with Crippen LogP contribution in [0.15, 0.2) is 41.0 Å². The van der Waals surface area contributed by atoms with Crippen LogP contribution in [-0.4, -0.2) is 14.5 Å². The molecule has 3 rings (SSSR count). The van der Waals surface area contributed by atoms with Gasteiger partial charge in [0.1, 0.15) is 5.52 Å². The fourth-order valence-electron chi connectivity index (χ4n) is 1.82. The monoisotopic (exact) mass is 322 g/mol. The van der Waals surface area contributed by atoms with Crippen LogP contribution in [0.3, 0.4) is 0 Å². The Morgan fingerprint density at radius 3 is 2.94 bits per heavy atom. The largest absolute Gasteiger partial charge is 0.369 e. The number of anilines is 1. The van der Waals surface area contributed by atoms with Crippen molar-refractivity contribution in [1.29, 1.82) is 0 Å². The highest BCUT2D eigenvalue weighted by molar-refractivity contribution is 9.10. The summed E-state index contributed by atoms with van der Waals surface area (Å²) in [5.41, 5.74) is 8.23. The maximum Gasteiger partial charge on any atom is 0.207 e. The summed E-state index contributed by atoms with van der Waals surface area (Å²) in [5.74, 6) is 0.381. The number of nitrogens with two attached hydrogens (primary N) is 1. The van der Waals surface area contributed by atoms with E-state index in [9.17, 15) is 0 Å². The van der Waals surface area contributed by atoms with Gasteiger partial charge in [-0.25, -0.2) is 9.97 Å². The number of pyridine rings is 1. The molecule has 0 atom stereocenters. The lowest BCUT2D eigenvalue weighted by atomic mass is 10.3. The molecular formula is C12H8BrClN4. The number of fused-ring (bicyclic) bond motifs is 1. The first-order valence-corrected chi connectivity index (χ1v) is 6.38. The fraction of sp³-hybridized carbons (Fsp3) is 0. The molecule has 2 heterocycles. The zero-order valence-corrected chi connectivity index (χ0v) is 11.5. The predicted molar refractivity (Wildman–Crippen MR) is 76.0 cm³/mol. The molecule has 0 aliphatic heterocycles. The molecule has 0 aliphatic carbocycles. The second-order valence-electron chi connectivity index (χ2n) is 3.75. The Morgan fingerprint density at radius 1 is 1.28 bits per heavy atom. The predicted octanol–water partition coefficient (Wildman–Crippen LogP) is 3.42. The van der Waals surface area contributed by atoms with Crippen molar-refractivity contribution in [2.45, 2.75) is 0 Å². The topological polar surface area (TPSA) is 56.7 Å². The number of nitrogens with zero attached hydrogens (tertiary/aromatic N) is 3. The lowest BCUT2D eigenvalue weighted by Gasteiger charge is -2.08. The molecule has 0 aliphatic rings. The molecule has 4 nitrogen and oxygen atoms in total. The molecule has 0 amide bonds. The lowest BCUT2D eigenvalue weighted by molar-refractivity contribution is 1.08. The number of nitrogen functional groups attached to an aromatic ring is 1. The molecule has 2 N–H and O–H groups in total. The first-order valence-electron chi connectivity index (χ1n) is 5.21. The first-order chi connectivity index (χ1) is 8.66. The number of hydrogen-bond acceptors (Lipinski definition) is 3. The molecule has 18 heavy (non-hydrogen) atoms. The van der Waals surface area contributed by atoms with Crippen LogP contribution in [0.2, 0.25) is 5.02 Å². The maximum atomic E-state index is 6.02. The zero-order chi connectivity index (χ0) is 12.7. The number of benzene rings is 1. The molecule has 0 radical (unpaired) electrons. The number of aromatic nitrogens is 3. The van der Waals surface area contributed by atoms with Crippen LogP contribution in [0, 0.1) is 0 Å². The molecule has 1 aromatic carbocycles. The molecule has 0 saturated carbocycles. The van der Waals surface area contributed by atoms with E-state index in [4.69, 9.17) is 17.3 Å². The summed E-state index contributed by atoms with van der Waals surface area (Å²) < 4.78 is 2.65. The molecule has 3 aromatic rings. The van der Waals surface area contributed by atoms with Crippen LogP contribution in [0.25, 0.3) is 16.9 Å². The molecule has 6 heteroatoms. The Morgan fingerprint density at radius 2 is 2.11 bits per heavy atom. The minimum atomic E-state index is 0.381. The van der Waals surface area contributed by atoms with Crippen molar-refractivity contribution in [2.24, 2.45) is 0 Å². The van der Waals surface area contributed by atoms with Crippen LogP contribution < -0.4 is 5.73 Å². The van der Waals surface area contributed by atoms with E-state index in [-0.39, 0.29) is 0 Å². The summed E-state index contributed by atoms with van der Waals surface area (Å²) in [4.78, 5) is 8.58. The third-order valence-corrected chi connectivity index (χ3v) is 3.50. The summed E-state index contributed by atoms with van der Waals surface area (Å²) in [7, 11) is 0. The highest BCUT2D eigenvalue weighted by atomic mass is 79.9. The Balaban J connectivity index is 2.37. The van der Waals surface area contributed by atoms with Gasteiger partial charge in [0, 0.05) is 15.7 Å². The van der Waals surface area contributed by atoms with Crippen LogP contribution >= 0.6 is 27.5 Å². The SMILES string of the molecule is Nc1nc2cccnc2n1-c1cc(Cl)ccc1Br. The van der Waals surface area contributed by atoms with Gasteiger partial charge in [-0.05, 0) is 46.3 Å². The van der Waals surface area contributed by atoms with Crippen molar-refractivity contribution < 1.29 is 0 Å². The third kappa shape index (κ3) is 1.76. The number of hydrogen-bond donors (Lipinski definition) is 1. The zero-order valence-electron chi connectivity index (χ0n) is 9.14. The van der Waals surface area contributed by atoms with Gasteiger partial charge in [0.2, 0.25) is 5.95 Å². The van der Waals surface area contributed by atoms with E-state index in [0.717, 1.165) is 15.7 Å². The van der Waals surface area contributed by atoms with Gasteiger partial charge < -0.3 is 5.73 Å². The third-order valence-electron chi connectivity index (χ3n) is 2.59. The van der Waals surface area contributed by atoms with E-state index in [2.05, 4.69) is 25.9 Å². The minimum Gasteiger partial charge on any atom is -0.369 e. The van der Waals surface area contributed by atoms with Crippen LogP contribution in [0.1, 0.15) is 0 Å². The van der Waals surface area contributed by atoms with Gasteiger partial charge in [-0.3, -0.25) is 4.57 Å². The van der Waals surface area contributed by atoms with E-state index in [0.29, 0.717) is 16.6 Å². The van der Waals surface area contributed by atoms with E-state index < -0.39 is 0 Å². The van der Waals surface area contributed by atoms with Gasteiger partial charge in [-0.2, -0.15) is 0 Å². The maximum absolute atomic E-state index is 6.02. The van der Waals surface area contributed by atoms with E-state index in [1.54, 1.807) is 16.8 Å². The second kappa shape index (κ2) is 4.26. The van der Waals surface area contributed by atoms with Crippen molar-refractivity contribution in [3.63, 3.8) is 0 Å². The smallest absolute Gasteiger partial charge is 0.207 e. The van der Waals surface area contributed by atoms with Crippen molar-refractivity contribution >= 4 is 44.6 Å². The highest BCUT2D eigenvalue weighted by Crippen LogP contribution is 2.29. The van der Waals surface area contributed by atoms with Gasteiger partial charge in [0.25, 0.3) is 0 Å². The lowest BCUT2D eigenvalue weighted by Crippen LogP contribution is -2.02. The molecule has 2 aromatic heterocycles. The van der Waals surface area contributed by atoms with Crippen molar-refractivity contribution in [1.82, 2.24) is 14.5 Å². The minimum absolute atomic E-state index is 0.381. The van der Waals surface area contributed by atoms with Crippen molar-refractivity contribution in [2.75, 3.05) is 5.73 Å². The molecule has 0 fully saturated rings. The summed E-state index contributed by atoms with van der Waals surface area (Å²) in [6.07, 6.45) is 1.71. The molecular weight excluding hydrogens is 316 g/mol. The first kappa shape index (κ1) is 11.5. The summed E-state index contributed by atoms with van der Waals surface area (Å²) >= 11 is 9.50. The van der Waals surface area contributed by atoms with E-state index in [1.165, 1.54) is 0 Å². The van der Waals surface area contributed by atoms with Gasteiger partial charge in [0.15, 0.2) is 5.65 Å². The van der Waals surface area contributed by atoms with Crippen LogP contribution in [0.5, 0.6) is 0 Å². The van der Waals surface area contributed by atoms with Gasteiger partial charge in [-0.1, -0.05) is 11.6 Å². The Labute approximate surface area is 117 Å². The van der Waals surface area contributed by atoms with Gasteiger partial charge in [0.05, 0.1) is 5.69 Å². The molecule has 0 bridgehead atoms. The highest BCUT2D eigenvalue weighted by Gasteiger charge is 2.13. The Kier molecular flexibility index (Phi) is 2.72. The van der Waals surface area contributed by atoms with E-state index in [1.807, 2.05) is 24.3 Å². The Hall–Kier alpha value is -1.59. The van der Waals surface area contributed by atoms with Crippen molar-refractivity contribution in [3.8, 4) is 5.69 Å². The second-order valence-corrected chi connectivity index (χ2v) is 5.04. The molecule has 0 unspecified atom stereocenters. The average Bonchev–Trinajstić information content (AvgIpc) is 2.68. The quantitative estimate of drug-likeness (QED) is 0.746. The molecule has 90 valence electrons. The fourth-order valence-corrected chi connectivity index (χ4v) is 2.41. The number of rotatable bonds is 1. The van der Waals surface area contributed by atoms with Crippen LogP contribution in [-0.2, 0) is 0 Å². The number of halogens is 2. The molecule has 0 saturated heterocycles. The average molecular weight is 324 g/mol. The molecule has 0 spiro atoms. The van der Waals surface area contributed by atoms with Crippen LogP contribution in [0.4, 0.5) is 5.95 Å². The summed E-state index contributed by atoms with van der Waals surface area (Å²) in [6, 6.07) is 9.18. The van der Waals surface area contributed by atoms with Gasteiger partial charge >= 0.3 is 0 Å². The van der Waals surface area contributed by atoms with Gasteiger partial charge in [-0.15, -0.1) is 0 Å². The number of imidazole rings is 1. The standard InChI is InChI=1S/C12H8BrClN4/c13-8-4-3-7(14)6-10(8)18-11-9(17-12(18)15)2-1-5-16-11/h1-6H,(H2,15,17). The summed E-state index contributed by atoms with van der Waals surface area (Å²) in [5, 5.41) is 0.630. The summed E-state index contributed by atoms with van der Waals surface area (Å²) in [6.45, 7) is 0. The Bertz CT molecular complexity index is 738.